The number of carbonyl (C=O) groups is 3. The molecule has 0 heterocycles. The molecular weight excluding hydrogens is 330 g/mol. The van der Waals surface area contributed by atoms with Gasteiger partial charge in [-0.3, -0.25) is 19.7 Å². The molecule has 0 unspecified atom stereocenters. The SMILES string of the molecule is Cc1cc(C)c(NC(=O)C(=O)NC(=O)c2ccccc2N)c(Cl)c1. The number of nitrogens with two attached hydrogens (primary N) is 1. The summed E-state index contributed by atoms with van der Waals surface area (Å²) < 4.78 is 0. The molecule has 2 aromatic carbocycles. The van der Waals surface area contributed by atoms with Crippen molar-refractivity contribution in [3.8, 4) is 0 Å². The van der Waals surface area contributed by atoms with Crippen LogP contribution in [0.3, 0.4) is 0 Å². The molecule has 0 aliphatic rings. The third kappa shape index (κ3) is 3.91. The van der Waals surface area contributed by atoms with Crippen LogP contribution in [0.25, 0.3) is 0 Å². The van der Waals surface area contributed by atoms with E-state index in [1.165, 1.54) is 12.1 Å². The first kappa shape index (κ1) is 17.5. The van der Waals surface area contributed by atoms with Gasteiger partial charge in [0, 0.05) is 5.69 Å². The van der Waals surface area contributed by atoms with Crippen LogP contribution in [0.5, 0.6) is 0 Å². The predicted molar refractivity (Wildman–Crippen MR) is 92.9 cm³/mol. The zero-order valence-electron chi connectivity index (χ0n) is 13.1. The highest BCUT2D eigenvalue weighted by atomic mass is 35.5. The molecule has 0 saturated heterocycles. The van der Waals surface area contributed by atoms with Crippen molar-refractivity contribution in [2.24, 2.45) is 0 Å². The van der Waals surface area contributed by atoms with E-state index in [9.17, 15) is 14.4 Å². The number of hydrogen-bond acceptors (Lipinski definition) is 4. The number of nitrogen functional groups attached to an aromatic ring is 1. The van der Waals surface area contributed by atoms with E-state index >= 15 is 0 Å². The van der Waals surface area contributed by atoms with Crippen LogP contribution in [0.2, 0.25) is 5.02 Å². The normalized spacial score (nSPS) is 10.1. The second-order valence-electron chi connectivity index (χ2n) is 5.26. The Labute approximate surface area is 144 Å². The molecule has 2 aromatic rings. The molecule has 7 heteroatoms. The molecule has 0 spiro atoms. The third-order valence-corrected chi connectivity index (χ3v) is 3.61. The second kappa shape index (κ2) is 7.14. The third-order valence-electron chi connectivity index (χ3n) is 3.31. The van der Waals surface area contributed by atoms with E-state index in [4.69, 9.17) is 17.3 Å². The summed E-state index contributed by atoms with van der Waals surface area (Å²) in [6, 6.07) is 9.72. The molecule has 3 amide bonds. The number of imide groups is 1. The average Bonchev–Trinajstić information content (AvgIpc) is 2.50. The van der Waals surface area contributed by atoms with Crippen LogP contribution in [0.4, 0.5) is 11.4 Å². The van der Waals surface area contributed by atoms with Crippen LogP contribution in [0.1, 0.15) is 21.5 Å². The molecule has 0 atom stereocenters. The maximum atomic E-state index is 12.0. The summed E-state index contributed by atoms with van der Waals surface area (Å²) in [6.07, 6.45) is 0. The van der Waals surface area contributed by atoms with E-state index in [-0.39, 0.29) is 11.3 Å². The van der Waals surface area contributed by atoms with Crippen LogP contribution >= 0.6 is 11.6 Å². The van der Waals surface area contributed by atoms with Gasteiger partial charge in [-0.2, -0.15) is 0 Å². The Bertz CT molecular complexity index is 811. The van der Waals surface area contributed by atoms with Gasteiger partial charge in [0.2, 0.25) is 0 Å². The maximum Gasteiger partial charge on any atom is 0.316 e. The van der Waals surface area contributed by atoms with E-state index in [1.54, 1.807) is 25.1 Å². The number of hydrogen-bond donors (Lipinski definition) is 3. The van der Waals surface area contributed by atoms with E-state index in [1.807, 2.05) is 18.3 Å². The summed E-state index contributed by atoms with van der Waals surface area (Å²) in [7, 11) is 0. The molecule has 0 aliphatic heterocycles. The van der Waals surface area contributed by atoms with Crippen molar-refractivity contribution >= 4 is 40.7 Å². The summed E-state index contributed by atoms with van der Waals surface area (Å²) >= 11 is 6.08. The lowest BCUT2D eigenvalue weighted by Gasteiger charge is -2.11. The number of carbonyl (C=O) groups excluding carboxylic acids is 3. The number of benzene rings is 2. The lowest BCUT2D eigenvalue weighted by atomic mass is 10.1. The lowest BCUT2D eigenvalue weighted by molar-refractivity contribution is -0.135. The van der Waals surface area contributed by atoms with Crippen LogP contribution in [0.15, 0.2) is 36.4 Å². The first-order valence-electron chi connectivity index (χ1n) is 7.07. The predicted octanol–water partition coefficient (Wildman–Crippen LogP) is 2.43. The highest BCUT2D eigenvalue weighted by Gasteiger charge is 2.20. The van der Waals surface area contributed by atoms with Crippen molar-refractivity contribution in [3.63, 3.8) is 0 Å². The summed E-state index contributed by atoms with van der Waals surface area (Å²) in [5.41, 5.74) is 7.95. The fourth-order valence-corrected chi connectivity index (χ4v) is 2.54. The number of halogens is 1. The van der Waals surface area contributed by atoms with Crippen LogP contribution in [-0.2, 0) is 9.59 Å². The molecule has 2 rings (SSSR count). The number of amides is 3. The number of rotatable bonds is 2. The number of nitrogens with one attached hydrogen (secondary N) is 2. The molecule has 0 radical (unpaired) electrons. The average molecular weight is 346 g/mol. The van der Waals surface area contributed by atoms with E-state index < -0.39 is 17.7 Å². The minimum atomic E-state index is -1.10. The van der Waals surface area contributed by atoms with Gasteiger partial charge in [0.15, 0.2) is 0 Å². The number of anilines is 2. The van der Waals surface area contributed by atoms with Crippen molar-refractivity contribution in [1.29, 1.82) is 0 Å². The van der Waals surface area contributed by atoms with Crippen LogP contribution in [-0.4, -0.2) is 17.7 Å². The van der Waals surface area contributed by atoms with Gasteiger partial charge in [0.1, 0.15) is 0 Å². The molecule has 0 fully saturated rings. The van der Waals surface area contributed by atoms with Crippen LogP contribution < -0.4 is 16.4 Å². The minimum absolute atomic E-state index is 0.114. The molecule has 0 saturated carbocycles. The Kier molecular flexibility index (Phi) is 5.21. The van der Waals surface area contributed by atoms with Crippen molar-refractivity contribution in [1.82, 2.24) is 5.32 Å². The molecule has 24 heavy (non-hydrogen) atoms. The molecule has 6 nitrogen and oxygen atoms in total. The van der Waals surface area contributed by atoms with E-state index in [0.29, 0.717) is 16.3 Å². The second-order valence-corrected chi connectivity index (χ2v) is 5.67. The lowest BCUT2D eigenvalue weighted by Crippen LogP contribution is -2.39. The van der Waals surface area contributed by atoms with Gasteiger partial charge in [-0.25, -0.2) is 0 Å². The highest BCUT2D eigenvalue weighted by molar-refractivity contribution is 6.44. The summed E-state index contributed by atoms with van der Waals surface area (Å²) in [5.74, 6) is -2.84. The molecule has 124 valence electrons. The van der Waals surface area contributed by atoms with Crippen molar-refractivity contribution < 1.29 is 14.4 Å². The van der Waals surface area contributed by atoms with Crippen molar-refractivity contribution in [3.05, 3.63) is 58.1 Å². The van der Waals surface area contributed by atoms with Crippen molar-refractivity contribution in [2.75, 3.05) is 11.1 Å². The molecule has 0 aliphatic carbocycles. The van der Waals surface area contributed by atoms with Gasteiger partial charge in [0.25, 0.3) is 5.91 Å². The zero-order valence-corrected chi connectivity index (χ0v) is 13.9. The van der Waals surface area contributed by atoms with E-state index in [2.05, 4.69) is 5.32 Å². The van der Waals surface area contributed by atoms with E-state index in [0.717, 1.165) is 5.56 Å². The Balaban J connectivity index is 2.10. The first-order valence-corrected chi connectivity index (χ1v) is 7.45. The molecule has 0 aromatic heterocycles. The Morgan fingerprint density at radius 3 is 2.33 bits per heavy atom. The summed E-state index contributed by atoms with van der Waals surface area (Å²) in [4.78, 5) is 35.9. The largest absolute Gasteiger partial charge is 0.398 e. The van der Waals surface area contributed by atoms with Crippen LogP contribution in [0, 0.1) is 13.8 Å². The zero-order chi connectivity index (χ0) is 17.9. The Morgan fingerprint density at radius 2 is 1.71 bits per heavy atom. The highest BCUT2D eigenvalue weighted by Crippen LogP contribution is 2.27. The number of para-hydroxylation sites is 1. The fraction of sp³-hybridized carbons (Fsp3) is 0.118. The Morgan fingerprint density at radius 1 is 1.04 bits per heavy atom. The summed E-state index contributed by atoms with van der Waals surface area (Å²) in [5, 5.41) is 4.72. The van der Waals surface area contributed by atoms with Gasteiger partial charge in [-0.15, -0.1) is 0 Å². The summed E-state index contributed by atoms with van der Waals surface area (Å²) in [6.45, 7) is 3.61. The maximum absolute atomic E-state index is 12.0. The number of aryl methyl sites for hydroxylation is 2. The van der Waals surface area contributed by atoms with Gasteiger partial charge >= 0.3 is 11.8 Å². The molecular formula is C17H16ClN3O3. The van der Waals surface area contributed by atoms with Gasteiger partial charge in [0.05, 0.1) is 16.3 Å². The van der Waals surface area contributed by atoms with Crippen molar-refractivity contribution in [2.45, 2.75) is 13.8 Å². The molecule has 4 N–H and O–H groups in total. The first-order chi connectivity index (χ1) is 11.3. The van der Waals surface area contributed by atoms with Gasteiger partial charge in [-0.1, -0.05) is 29.8 Å². The fourth-order valence-electron chi connectivity index (χ4n) is 2.18. The van der Waals surface area contributed by atoms with Gasteiger partial charge < -0.3 is 11.1 Å². The Hall–Kier alpha value is -2.86. The smallest absolute Gasteiger partial charge is 0.316 e. The quantitative estimate of drug-likeness (QED) is 0.574. The molecule has 0 bridgehead atoms. The topological polar surface area (TPSA) is 101 Å². The minimum Gasteiger partial charge on any atom is -0.398 e. The monoisotopic (exact) mass is 345 g/mol. The van der Waals surface area contributed by atoms with Gasteiger partial charge in [-0.05, 0) is 43.2 Å². The standard InChI is InChI=1S/C17H16ClN3O3/c1-9-7-10(2)14(12(18)8-9)20-16(23)17(24)21-15(22)11-5-3-4-6-13(11)19/h3-8H,19H2,1-2H3,(H,20,23)(H,21,22,24).